The van der Waals surface area contributed by atoms with Gasteiger partial charge in [0.05, 0.1) is 14.2 Å². The number of hydrogen-bond acceptors (Lipinski definition) is 3. The molecule has 0 atom stereocenters. The number of rotatable bonds is 5. The largest absolute Gasteiger partial charge is 0.496 e. The predicted octanol–water partition coefficient (Wildman–Crippen LogP) is 3.68. The lowest BCUT2D eigenvalue weighted by atomic mass is 10.1. The lowest BCUT2D eigenvalue weighted by molar-refractivity contribution is 0.0987. The van der Waals surface area contributed by atoms with E-state index in [4.69, 9.17) is 9.47 Å². The summed E-state index contributed by atoms with van der Waals surface area (Å²) >= 11 is 0. The van der Waals surface area contributed by atoms with E-state index in [2.05, 4.69) is 0 Å². The summed E-state index contributed by atoms with van der Waals surface area (Å²) in [6, 6.07) is 13.1. The molecular weight excluding hydrogens is 278 g/mol. The summed E-state index contributed by atoms with van der Waals surface area (Å²) in [6.07, 6.45) is 0. The van der Waals surface area contributed by atoms with E-state index in [1.807, 2.05) is 44.2 Å². The van der Waals surface area contributed by atoms with Gasteiger partial charge in [-0.1, -0.05) is 18.2 Å². The minimum Gasteiger partial charge on any atom is -0.496 e. The molecule has 116 valence electrons. The number of carbonyl (C=O) groups excluding carboxylic acids is 1. The van der Waals surface area contributed by atoms with E-state index >= 15 is 0 Å². The number of anilines is 1. The standard InChI is InChI=1S/C18H21NO3/c1-5-19(15-9-7-6-8-10-15)18(20)14-11-16(21-3)13(2)17(12-14)22-4/h6-12H,5H2,1-4H3. The van der Waals surface area contributed by atoms with Crippen molar-refractivity contribution in [2.45, 2.75) is 13.8 Å². The van der Waals surface area contributed by atoms with Crippen molar-refractivity contribution >= 4 is 11.6 Å². The van der Waals surface area contributed by atoms with Crippen molar-refractivity contribution in [2.75, 3.05) is 25.7 Å². The van der Waals surface area contributed by atoms with Gasteiger partial charge in [-0.15, -0.1) is 0 Å². The smallest absolute Gasteiger partial charge is 0.258 e. The van der Waals surface area contributed by atoms with Crippen LogP contribution in [0, 0.1) is 6.92 Å². The first-order chi connectivity index (χ1) is 10.6. The van der Waals surface area contributed by atoms with Crippen molar-refractivity contribution in [2.24, 2.45) is 0 Å². The highest BCUT2D eigenvalue weighted by Crippen LogP contribution is 2.30. The van der Waals surface area contributed by atoms with Gasteiger partial charge in [-0.3, -0.25) is 4.79 Å². The van der Waals surface area contributed by atoms with Gasteiger partial charge in [0.1, 0.15) is 11.5 Å². The fourth-order valence-electron chi connectivity index (χ4n) is 2.42. The second-order valence-electron chi connectivity index (χ2n) is 4.89. The van der Waals surface area contributed by atoms with E-state index in [-0.39, 0.29) is 5.91 Å². The Kier molecular flexibility index (Phi) is 5.04. The maximum atomic E-state index is 12.8. The van der Waals surface area contributed by atoms with Crippen LogP contribution in [0.3, 0.4) is 0 Å². The average Bonchev–Trinajstić information content (AvgIpc) is 2.56. The van der Waals surface area contributed by atoms with Crippen LogP contribution < -0.4 is 14.4 Å². The fraction of sp³-hybridized carbons (Fsp3) is 0.278. The van der Waals surface area contributed by atoms with Crippen molar-refractivity contribution in [3.8, 4) is 11.5 Å². The topological polar surface area (TPSA) is 38.8 Å². The normalized spacial score (nSPS) is 10.2. The highest BCUT2D eigenvalue weighted by atomic mass is 16.5. The van der Waals surface area contributed by atoms with Gasteiger partial charge in [0, 0.05) is 23.4 Å². The van der Waals surface area contributed by atoms with Crippen LogP contribution >= 0.6 is 0 Å². The molecule has 0 spiro atoms. The first-order valence-electron chi connectivity index (χ1n) is 7.21. The molecule has 1 amide bonds. The lowest BCUT2D eigenvalue weighted by Crippen LogP contribution is -2.30. The second kappa shape index (κ2) is 6.98. The minimum atomic E-state index is -0.0784. The minimum absolute atomic E-state index is 0.0784. The van der Waals surface area contributed by atoms with Crippen molar-refractivity contribution in [1.29, 1.82) is 0 Å². The van der Waals surface area contributed by atoms with Crippen LogP contribution in [0.5, 0.6) is 11.5 Å². The monoisotopic (exact) mass is 299 g/mol. The quantitative estimate of drug-likeness (QED) is 0.845. The molecule has 0 radical (unpaired) electrons. The van der Waals surface area contributed by atoms with Crippen molar-refractivity contribution in [3.05, 3.63) is 53.6 Å². The summed E-state index contributed by atoms with van der Waals surface area (Å²) < 4.78 is 10.7. The molecule has 2 aromatic carbocycles. The number of carbonyl (C=O) groups is 1. The number of ether oxygens (including phenoxy) is 2. The molecule has 0 heterocycles. The molecule has 0 aliphatic heterocycles. The van der Waals surface area contributed by atoms with Crippen LogP contribution in [-0.2, 0) is 0 Å². The summed E-state index contributed by atoms with van der Waals surface area (Å²) in [5.74, 6) is 1.21. The van der Waals surface area contributed by atoms with Gasteiger partial charge < -0.3 is 14.4 Å². The maximum Gasteiger partial charge on any atom is 0.258 e. The van der Waals surface area contributed by atoms with Crippen LogP contribution in [0.1, 0.15) is 22.8 Å². The molecule has 0 saturated heterocycles. The summed E-state index contributed by atoms with van der Waals surface area (Å²) in [5, 5.41) is 0. The molecule has 0 unspecified atom stereocenters. The van der Waals surface area contributed by atoms with E-state index in [1.54, 1.807) is 31.3 Å². The summed E-state index contributed by atoms with van der Waals surface area (Å²) in [5.41, 5.74) is 2.29. The van der Waals surface area contributed by atoms with E-state index in [9.17, 15) is 4.79 Å². The molecule has 0 aromatic heterocycles. The Morgan fingerprint density at radius 3 is 2.05 bits per heavy atom. The summed E-state index contributed by atoms with van der Waals surface area (Å²) in [6.45, 7) is 4.44. The summed E-state index contributed by atoms with van der Waals surface area (Å²) in [7, 11) is 3.18. The number of methoxy groups -OCH3 is 2. The van der Waals surface area contributed by atoms with Gasteiger partial charge >= 0.3 is 0 Å². The van der Waals surface area contributed by atoms with E-state index in [1.165, 1.54) is 0 Å². The molecule has 0 bridgehead atoms. The fourth-order valence-corrected chi connectivity index (χ4v) is 2.42. The first-order valence-corrected chi connectivity index (χ1v) is 7.21. The Labute approximate surface area is 131 Å². The van der Waals surface area contributed by atoms with Crippen LogP contribution in [-0.4, -0.2) is 26.7 Å². The third-order valence-corrected chi connectivity index (χ3v) is 3.63. The SMILES string of the molecule is CCN(C(=O)c1cc(OC)c(C)c(OC)c1)c1ccccc1. The zero-order valence-corrected chi connectivity index (χ0v) is 13.4. The number of benzene rings is 2. The molecule has 0 aliphatic carbocycles. The molecule has 0 aliphatic rings. The van der Waals surface area contributed by atoms with Gasteiger partial charge in [-0.05, 0) is 38.1 Å². The molecule has 4 nitrogen and oxygen atoms in total. The predicted molar refractivity (Wildman–Crippen MR) is 88.1 cm³/mol. The van der Waals surface area contributed by atoms with Crippen LogP contribution in [0.2, 0.25) is 0 Å². The number of hydrogen-bond donors (Lipinski definition) is 0. The van der Waals surface area contributed by atoms with Gasteiger partial charge in [0.15, 0.2) is 0 Å². The Balaban J connectivity index is 2.44. The lowest BCUT2D eigenvalue weighted by Gasteiger charge is -2.22. The molecule has 2 rings (SSSR count). The van der Waals surface area contributed by atoms with E-state index in [0.717, 1.165) is 11.3 Å². The molecule has 2 aromatic rings. The Bertz CT molecular complexity index is 628. The van der Waals surface area contributed by atoms with Gasteiger partial charge in [0.2, 0.25) is 0 Å². The number of para-hydroxylation sites is 1. The number of nitrogens with zero attached hydrogens (tertiary/aromatic N) is 1. The third-order valence-electron chi connectivity index (χ3n) is 3.63. The van der Waals surface area contributed by atoms with Crippen molar-refractivity contribution in [1.82, 2.24) is 0 Å². The van der Waals surface area contributed by atoms with Crippen molar-refractivity contribution in [3.63, 3.8) is 0 Å². The zero-order chi connectivity index (χ0) is 16.1. The molecular formula is C18H21NO3. The zero-order valence-electron chi connectivity index (χ0n) is 13.4. The molecule has 0 fully saturated rings. The summed E-state index contributed by atoms with van der Waals surface area (Å²) in [4.78, 5) is 14.6. The second-order valence-corrected chi connectivity index (χ2v) is 4.89. The highest BCUT2D eigenvalue weighted by molar-refractivity contribution is 6.06. The van der Waals surface area contributed by atoms with E-state index in [0.29, 0.717) is 23.6 Å². The first kappa shape index (κ1) is 15.9. The van der Waals surface area contributed by atoms with Crippen LogP contribution in [0.15, 0.2) is 42.5 Å². The maximum absolute atomic E-state index is 12.8. The van der Waals surface area contributed by atoms with Gasteiger partial charge in [-0.25, -0.2) is 0 Å². The molecule has 0 N–H and O–H groups in total. The molecule has 0 saturated carbocycles. The number of amides is 1. The van der Waals surface area contributed by atoms with E-state index < -0.39 is 0 Å². The Morgan fingerprint density at radius 2 is 1.59 bits per heavy atom. The Hall–Kier alpha value is -2.49. The van der Waals surface area contributed by atoms with Crippen LogP contribution in [0.25, 0.3) is 0 Å². The van der Waals surface area contributed by atoms with Crippen LogP contribution in [0.4, 0.5) is 5.69 Å². The molecule has 22 heavy (non-hydrogen) atoms. The van der Waals surface area contributed by atoms with Gasteiger partial charge in [0.25, 0.3) is 5.91 Å². The average molecular weight is 299 g/mol. The Morgan fingerprint density at radius 1 is 1.05 bits per heavy atom. The van der Waals surface area contributed by atoms with Gasteiger partial charge in [-0.2, -0.15) is 0 Å². The third kappa shape index (κ3) is 3.06. The molecule has 4 heteroatoms. The highest BCUT2D eigenvalue weighted by Gasteiger charge is 2.19. The van der Waals surface area contributed by atoms with Crippen molar-refractivity contribution < 1.29 is 14.3 Å².